The molecule has 0 amide bonds. The summed E-state index contributed by atoms with van der Waals surface area (Å²) >= 11 is 1.77. The summed E-state index contributed by atoms with van der Waals surface area (Å²) in [5, 5.41) is 1.15. The summed E-state index contributed by atoms with van der Waals surface area (Å²) in [7, 11) is 0. The molecule has 0 bridgehead atoms. The fraction of sp³-hybridized carbons (Fsp3) is 0.0189. The van der Waals surface area contributed by atoms with Gasteiger partial charge in [-0.3, -0.25) is 0 Å². The lowest BCUT2D eigenvalue weighted by molar-refractivity contribution is 0.436. The first-order chi connectivity index (χ1) is 28.3. The van der Waals surface area contributed by atoms with Gasteiger partial charge in [0.15, 0.2) is 5.82 Å². The van der Waals surface area contributed by atoms with Crippen LogP contribution in [-0.4, -0.2) is 9.97 Å². The number of hydrogen-bond acceptors (Lipinski definition) is 4. The molecule has 1 aliphatic heterocycles. The minimum absolute atomic E-state index is 0.547. The second kappa shape index (κ2) is 12.4. The van der Waals surface area contributed by atoms with Crippen molar-refractivity contribution in [3.63, 3.8) is 0 Å². The summed E-state index contributed by atoms with van der Waals surface area (Å²) in [6.07, 6.45) is 0. The molecule has 0 saturated carbocycles. The highest BCUT2D eigenvalue weighted by atomic mass is 32.1. The quantitative estimate of drug-likeness (QED) is 0.180. The van der Waals surface area contributed by atoms with Gasteiger partial charge < -0.3 is 4.74 Å². The van der Waals surface area contributed by atoms with E-state index in [4.69, 9.17) is 14.7 Å². The Morgan fingerprint density at radius 3 is 1.74 bits per heavy atom. The van der Waals surface area contributed by atoms with E-state index in [0.717, 1.165) is 66.2 Å². The molecule has 2 aliphatic rings. The average Bonchev–Trinajstić information content (AvgIpc) is 3.81. The van der Waals surface area contributed by atoms with Crippen molar-refractivity contribution in [3.8, 4) is 67.5 Å². The minimum Gasteiger partial charge on any atom is -0.457 e. The molecule has 266 valence electrons. The Labute approximate surface area is 334 Å². The van der Waals surface area contributed by atoms with Gasteiger partial charge >= 0.3 is 0 Å². The van der Waals surface area contributed by atoms with E-state index < -0.39 is 5.41 Å². The second-order valence-electron chi connectivity index (χ2n) is 14.8. The Morgan fingerprint density at radius 2 is 0.965 bits per heavy atom. The highest BCUT2D eigenvalue weighted by molar-refractivity contribution is 7.26. The van der Waals surface area contributed by atoms with Crippen LogP contribution in [0.4, 0.5) is 0 Å². The first-order valence-corrected chi connectivity index (χ1v) is 20.1. The minimum atomic E-state index is -0.547. The van der Waals surface area contributed by atoms with Crippen LogP contribution in [-0.2, 0) is 5.41 Å². The molecule has 0 radical (unpaired) electrons. The lowest BCUT2D eigenvalue weighted by atomic mass is 9.66. The molecule has 3 nitrogen and oxygen atoms in total. The topological polar surface area (TPSA) is 35.0 Å². The number of ether oxygens (including phenoxy) is 1. The molecule has 12 rings (SSSR count). The maximum Gasteiger partial charge on any atom is 0.160 e. The van der Waals surface area contributed by atoms with E-state index in [1.54, 1.807) is 11.3 Å². The SMILES string of the molecule is c1ccc(-c2ccc(-c3nc(-c4ccccc4-c4cccc5c4-c4ccccc4C54c5ccccc5Oc5ccccc54)c4sc5ccccc5c4n3)cc2)cc1. The number of thiophene rings is 1. The Kier molecular flexibility index (Phi) is 7.01. The summed E-state index contributed by atoms with van der Waals surface area (Å²) in [6.45, 7) is 0. The molecule has 1 aliphatic carbocycles. The van der Waals surface area contributed by atoms with Crippen molar-refractivity contribution in [2.75, 3.05) is 0 Å². The first-order valence-electron chi connectivity index (χ1n) is 19.3. The molecule has 4 heteroatoms. The molecule has 0 fully saturated rings. The summed E-state index contributed by atoms with van der Waals surface area (Å²) < 4.78 is 8.90. The van der Waals surface area contributed by atoms with Gasteiger partial charge in [0.1, 0.15) is 11.5 Å². The van der Waals surface area contributed by atoms with Gasteiger partial charge in [-0.2, -0.15) is 0 Å². The van der Waals surface area contributed by atoms with Crippen LogP contribution in [0.15, 0.2) is 194 Å². The highest BCUT2D eigenvalue weighted by Gasteiger charge is 2.51. The lowest BCUT2D eigenvalue weighted by Crippen LogP contribution is -2.32. The van der Waals surface area contributed by atoms with Gasteiger partial charge in [-0.15, -0.1) is 11.3 Å². The van der Waals surface area contributed by atoms with Crippen molar-refractivity contribution < 1.29 is 4.74 Å². The van der Waals surface area contributed by atoms with Crippen LogP contribution >= 0.6 is 11.3 Å². The summed E-state index contributed by atoms with van der Waals surface area (Å²) in [6, 6.07) is 69.4. The molecule has 0 atom stereocenters. The van der Waals surface area contributed by atoms with Gasteiger partial charge in [0.2, 0.25) is 0 Å². The fourth-order valence-electron chi connectivity index (χ4n) is 9.40. The van der Waals surface area contributed by atoms with Gasteiger partial charge in [-0.1, -0.05) is 176 Å². The highest BCUT2D eigenvalue weighted by Crippen LogP contribution is 2.63. The van der Waals surface area contributed by atoms with Crippen LogP contribution in [0.2, 0.25) is 0 Å². The number of fused-ring (bicyclic) bond motifs is 12. The zero-order valence-corrected chi connectivity index (χ0v) is 31.5. The third-order valence-corrected chi connectivity index (χ3v) is 13.0. The first kappa shape index (κ1) is 32.1. The molecule has 10 aromatic rings. The summed E-state index contributed by atoms with van der Waals surface area (Å²) in [5.41, 5.74) is 15.4. The van der Waals surface area contributed by atoms with Gasteiger partial charge in [0.05, 0.1) is 21.3 Å². The zero-order valence-electron chi connectivity index (χ0n) is 30.7. The van der Waals surface area contributed by atoms with Crippen LogP contribution in [0, 0.1) is 0 Å². The molecule has 0 saturated heterocycles. The van der Waals surface area contributed by atoms with Crippen LogP contribution in [0.1, 0.15) is 22.3 Å². The number of nitrogens with zero attached hydrogens (tertiary/aromatic N) is 2. The normalized spacial score (nSPS) is 13.2. The number of rotatable bonds is 4. The van der Waals surface area contributed by atoms with Crippen molar-refractivity contribution in [1.82, 2.24) is 9.97 Å². The molecule has 0 N–H and O–H groups in total. The van der Waals surface area contributed by atoms with Crippen LogP contribution < -0.4 is 4.74 Å². The monoisotopic (exact) mass is 744 g/mol. The summed E-state index contributed by atoms with van der Waals surface area (Å²) in [4.78, 5) is 10.8. The Morgan fingerprint density at radius 1 is 0.404 bits per heavy atom. The van der Waals surface area contributed by atoms with Crippen LogP contribution in [0.5, 0.6) is 11.5 Å². The summed E-state index contributed by atoms with van der Waals surface area (Å²) in [5.74, 6) is 2.50. The average molecular weight is 745 g/mol. The number of benzene rings is 8. The van der Waals surface area contributed by atoms with E-state index in [1.165, 1.54) is 38.1 Å². The third kappa shape index (κ3) is 4.65. The lowest BCUT2D eigenvalue weighted by Gasteiger charge is -2.39. The van der Waals surface area contributed by atoms with Gasteiger partial charge in [-0.25, -0.2) is 9.97 Å². The van der Waals surface area contributed by atoms with Crippen molar-refractivity contribution in [1.29, 1.82) is 0 Å². The molecular weight excluding hydrogens is 713 g/mol. The standard InChI is InChI=1S/C53H32N2OS/c1-2-15-33(16-3-1)34-29-31-35(32-30-34)52-54-49(51-50(55-52)40-20-7-13-28-47(40)57-51)38-18-5-4-17-36(38)37-21-14-25-44-48(37)39-19-6-8-22-41(39)53(44)42-23-9-11-26-45(42)56-46-27-12-10-24-43(46)53/h1-32H. The van der Waals surface area contributed by atoms with E-state index in [-0.39, 0.29) is 0 Å². The Balaban J connectivity index is 1.11. The number of hydrogen-bond donors (Lipinski definition) is 0. The van der Waals surface area contributed by atoms with Crippen molar-refractivity contribution in [3.05, 3.63) is 216 Å². The molecule has 0 unspecified atom stereocenters. The predicted octanol–water partition coefficient (Wildman–Crippen LogP) is 14.0. The number of para-hydroxylation sites is 2. The Bertz CT molecular complexity index is 3170. The molecule has 8 aromatic carbocycles. The fourth-order valence-corrected chi connectivity index (χ4v) is 10.5. The number of aromatic nitrogens is 2. The van der Waals surface area contributed by atoms with E-state index in [0.29, 0.717) is 5.82 Å². The van der Waals surface area contributed by atoms with Crippen LogP contribution in [0.3, 0.4) is 0 Å². The second-order valence-corrected chi connectivity index (χ2v) is 15.8. The third-order valence-electron chi connectivity index (χ3n) is 11.8. The zero-order chi connectivity index (χ0) is 37.5. The van der Waals surface area contributed by atoms with E-state index in [2.05, 4.69) is 194 Å². The predicted molar refractivity (Wildman–Crippen MR) is 234 cm³/mol. The van der Waals surface area contributed by atoms with Crippen molar-refractivity contribution >= 4 is 31.6 Å². The molecule has 2 aromatic heterocycles. The smallest absolute Gasteiger partial charge is 0.160 e. The van der Waals surface area contributed by atoms with E-state index in [1.807, 2.05) is 0 Å². The van der Waals surface area contributed by atoms with Gasteiger partial charge in [-0.05, 0) is 62.7 Å². The van der Waals surface area contributed by atoms with Crippen molar-refractivity contribution in [2.24, 2.45) is 0 Å². The maximum atomic E-state index is 6.62. The molecule has 1 spiro atoms. The Hall–Kier alpha value is -7.14. The van der Waals surface area contributed by atoms with E-state index in [9.17, 15) is 0 Å². The largest absolute Gasteiger partial charge is 0.457 e. The van der Waals surface area contributed by atoms with Crippen LogP contribution in [0.25, 0.3) is 76.3 Å². The van der Waals surface area contributed by atoms with Gasteiger partial charge in [0, 0.05) is 32.3 Å². The molecule has 57 heavy (non-hydrogen) atoms. The molecular formula is C53H32N2OS. The van der Waals surface area contributed by atoms with Crippen molar-refractivity contribution in [2.45, 2.75) is 5.41 Å². The van der Waals surface area contributed by atoms with E-state index >= 15 is 0 Å². The van der Waals surface area contributed by atoms with Gasteiger partial charge in [0.25, 0.3) is 0 Å². The molecule has 3 heterocycles. The maximum absolute atomic E-state index is 6.62.